The highest BCUT2D eigenvalue weighted by Crippen LogP contribution is 2.38. The lowest BCUT2D eigenvalue weighted by molar-refractivity contribution is 0.0292. The monoisotopic (exact) mass is 221 g/mol. The molecule has 0 atom stereocenters. The number of nitrogens with zero attached hydrogens (tertiary/aromatic N) is 1. The third-order valence-electron chi connectivity index (χ3n) is 2.66. The van der Waals surface area contributed by atoms with Crippen LogP contribution >= 0.6 is 0 Å². The van der Waals surface area contributed by atoms with Crippen molar-refractivity contribution in [1.82, 2.24) is 0 Å². The Kier molecular flexibility index (Phi) is 2.59. The second kappa shape index (κ2) is 3.79. The normalized spacial score (nSPS) is 17.9. The Morgan fingerprint density at radius 1 is 1.38 bits per heavy atom. The third-order valence-corrected chi connectivity index (χ3v) is 2.66. The highest BCUT2D eigenvalue weighted by molar-refractivity contribution is 5.91. The Hall–Kier alpha value is -1.55. The summed E-state index contributed by atoms with van der Waals surface area (Å²) < 4.78 is 10.4. The summed E-state index contributed by atoms with van der Waals surface area (Å²) in [6.07, 6.45) is -0.370. The van der Waals surface area contributed by atoms with Crippen LogP contribution in [0.3, 0.4) is 0 Å². The van der Waals surface area contributed by atoms with Gasteiger partial charge < -0.3 is 9.47 Å². The Morgan fingerprint density at radius 3 is 2.75 bits per heavy atom. The standard InChI is InChI=1S/C12H15NO3/c1-12(2)9-6-4-5-7-10(9)13(8-15-3)11(14)16-12/h4-7H,8H2,1-3H3. The van der Waals surface area contributed by atoms with Gasteiger partial charge in [-0.25, -0.2) is 4.79 Å². The number of carbonyl (C=O) groups is 1. The van der Waals surface area contributed by atoms with Gasteiger partial charge >= 0.3 is 6.09 Å². The number of ether oxygens (including phenoxy) is 2. The predicted molar refractivity (Wildman–Crippen MR) is 60.3 cm³/mol. The molecule has 0 unspecified atom stereocenters. The van der Waals surface area contributed by atoms with Crippen molar-refractivity contribution in [3.63, 3.8) is 0 Å². The van der Waals surface area contributed by atoms with Crippen molar-refractivity contribution in [2.24, 2.45) is 0 Å². The molecule has 0 fully saturated rings. The molecular formula is C12H15NO3. The summed E-state index contributed by atoms with van der Waals surface area (Å²) in [5.74, 6) is 0. The van der Waals surface area contributed by atoms with Crippen LogP contribution in [0.25, 0.3) is 0 Å². The molecule has 4 heteroatoms. The van der Waals surface area contributed by atoms with Gasteiger partial charge in [-0.15, -0.1) is 0 Å². The topological polar surface area (TPSA) is 38.8 Å². The van der Waals surface area contributed by atoms with Crippen LogP contribution in [-0.4, -0.2) is 19.9 Å². The van der Waals surface area contributed by atoms with E-state index in [2.05, 4.69) is 0 Å². The molecule has 0 bridgehead atoms. The number of fused-ring (bicyclic) bond motifs is 1. The predicted octanol–water partition coefficient (Wildman–Crippen LogP) is 2.48. The number of rotatable bonds is 2. The minimum Gasteiger partial charge on any atom is -0.438 e. The quantitative estimate of drug-likeness (QED) is 0.770. The maximum absolute atomic E-state index is 11.8. The molecule has 4 nitrogen and oxygen atoms in total. The van der Waals surface area contributed by atoms with Gasteiger partial charge in [0, 0.05) is 12.7 Å². The third kappa shape index (κ3) is 1.65. The van der Waals surface area contributed by atoms with Crippen molar-refractivity contribution < 1.29 is 14.3 Å². The number of cyclic esters (lactones) is 1. The summed E-state index contributed by atoms with van der Waals surface area (Å²) >= 11 is 0. The fourth-order valence-electron chi connectivity index (χ4n) is 1.90. The SMILES string of the molecule is COCN1C(=O)OC(C)(C)c2ccccc21. The average molecular weight is 221 g/mol. The van der Waals surface area contributed by atoms with Crippen molar-refractivity contribution in [1.29, 1.82) is 0 Å². The van der Waals surface area contributed by atoms with Gasteiger partial charge in [0.2, 0.25) is 0 Å². The fourth-order valence-corrected chi connectivity index (χ4v) is 1.90. The molecule has 0 spiro atoms. The lowest BCUT2D eigenvalue weighted by Crippen LogP contribution is -2.44. The molecule has 1 aliphatic rings. The van der Waals surface area contributed by atoms with Gasteiger partial charge in [0.25, 0.3) is 0 Å². The number of benzene rings is 1. The second-order valence-electron chi connectivity index (χ2n) is 4.24. The summed E-state index contributed by atoms with van der Waals surface area (Å²) in [4.78, 5) is 13.3. The molecule has 0 saturated heterocycles. The van der Waals surface area contributed by atoms with Crippen LogP contribution in [0.15, 0.2) is 24.3 Å². The molecule has 2 rings (SSSR count). The van der Waals surface area contributed by atoms with Gasteiger partial charge in [0.05, 0.1) is 5.69 Å². The number of methoxy groups -OCH3 is 1. The maximum atomic E-state index is 11.8. The molecule has 0 aromatic heterocycles. The van der Waals surface area contributed by atoms with Crippen molar-refractivity contribution in [3.8, 4) is 0 Å². The lowest BCUT2D eigenvalue weighted by atomic mass is 9.94. The zero-order chi connectivity index (χ0) is 11.8. The Labute approximate surface area is 94.8 Å². The molecule has 16 heavy (non-hydrogen) atoms. The molecule has 0 radical (unpaired) electrons. The van der Waals surface area contributed by atoms with Gasteiger partial charge in [-0.3, -0.25) is 4.90 Å². The van der Waals surface area contributed by atoms with E-state index in [4.69, 9.17) is 9.47 Å². The molecule has 0 saturated carbocycles. The zero-order valence-electron chi connectivity index (χ0n) is 9.69. The van der Waals surface area contributed by atoms with Crippen LogP contribution < -0.4 is 4.90 Å². The van der Waals surface area contributed by atoms with E-state index in [0.717, 1.165) is 11.3 Å². The fraction of sp³-hybridized carbons (Fsp3) is 0.417. The molecule has 1 aliphatic heterocycles. The van der Waals surface area contributed by atoms with Gasteiger partial charge in [-0.2, -0.15) is 0 Å². The summed E-state index contributed by atoms with van der Waals surface area (Å²) in [6.45, 7) is 3.97. The van der Waals surface area contributed by atoms with E-state index < -0.39 is 5.60 Å². The summed E-state index contributed by atoms with van der Waals surface area (Å²) in [5, 5.41) is 0. The molecule has 1 aromatic carbocycles. The Bertz CT molecular complexity index is 414. The number of hydrogen-bond donors (Lipinski definition) is 0. The van der Waals surface area contributed by atoms with E-state index >= 15 is 0 Å². The van der Waals surface area contributed by atoms with E-state index in [1.54, 1.807) is 7.11 Å². The van der Waals surface area contributed by atoms with Gasteiger partial charge in [-0.1, -0.05) is 18.2 Å². The van der Waals surface area contributed by atoms with E-state index in [1.807, 2.05) is 38.1 Å². The second-order valence-corrected chi connectivity index (χ2v) is 4.24. The van der Waals surface area contributed by atoms with E-state index in [1.165, 1.54) is 4.90 Å². The number of amides is 1. The molecule has 1 aromatic rings. The van der Waals surface area contributed by atoms with E-state index in [-0.39, 0.29) is 12.8 Å². The number of hydrogen-bond acceptors (Lipinski definition) is 3. The molecular weight excluding hydrogens is 206 g/mol. The van der Waals surface area contributed by atoms with Gasteiger partial charge in [0.15, 0.2) is 0 Å². The van der Waals surface area contributed by atoms with Crippen LogP contribution in [0.2, 0.25) is 0 Å². The summed E-state index contributed by atoms with van der Waals surface area (Å²) in [5.41, 5.74) is 1.26. The Morgan fingerprint density at radius 2 is 2.06 bits per heavy atom. The highest BCUT2D eigenvalue weighted by atomic mass is 16.6. The molecule has 0 aliphatic carbocycles. The first kappa shape index (κ1) is 11.0. The summed E-state index contributed by atoms with van der Waals surface area (Å²) in [6, 6.07) is 7.70. The zero-order valence-corrected chi connectivity index (χ0v) is 9.69. The van der Waals surface area contributed by atoms with Crippen molar-refractivity contribution in [3.05, 3.63) is 29.8 Å². The first-order chi connectivity index (χ1) is 7.56. The van der Waals surface area contributed by atoms with Crippen molar-refractivity contribution in [2.45, 2.75) is 19.4 Å². The van der Waals surface area contributed by atoms with Crippen molar-refractivity contribution in [2.75, 3.05) is 18.7 Å². The van der Waals surface area contributed by atoms with Gasteiger partial charge in [-0.05, 0) is 19.9 Å². The molecule has 86 valence electrons. The Balaban J connectivity index is 2.50. The first-order valence-electron chi connectivity index (χ1n) is 5.15. The van der Waals surface area contributed by atoms with E-state index in [9.17, 15) is 4.79 Å². The van der Waals surface area contributed by atoms with Gasteiger partial charge in [0.1, 0.15) is 12.3 Å². The molecule has 1 heterocycles. The lowest BCUT2D eigenvalue weighted by Gasteiger charge is -2.37. The molecule has 0 N–H and O–H groups in total. The number of para-hydroxylation sites is 1. The average Bonchev–Trinajstić information content (AvgIpc) is 2.24. The van der Waals surface area contributed by atoms with Crippen LogP contribution in [0.4, 0.5) is 10.5 Å². The highest BCUT2D eigenvalue weighted by Gasteiger charge is 2.37. The maximum Gasteiger partial charge on any atom is 0.417 e. The van der Waals surface area contributed by atoms with Crippen LogP contribution in [0.5, 0.6) is 0 Å². The van der Waals surface area contributed by atoms with Crippen LogP contribution in [0, 0.1) is 0 Å². The van der Waals surface area contributed by atoms with Crippen LogP contribution in [0.1, 0.15) is 19.4 Å². The molecule has 1 amide bonds. The van der Waals surface area contributed by atoms with Crippen molar-refractivity contribution >= 4 is 11.8 Å². The minimum atomic E-state index is -0.585. The number of carbonyl (C=O) groups excluding carboxylic acids is 1. The minimum absolute atomic E-state index is 0.200. The number of anilines is 1. The smallest absolute Gasteiger partial charge is 0.417 e. The largest absolute Gasteiger partial charge is 0.438 e. The summed E-state index contributed by atoms with van der Waals surface area (Å²) in [7, 11) is 1.55. The first-order valence-corrected chi connectivity index (χ1v) is 5.15. The van der Waals surface area contributed by atoms with E-state index in [0.29, 0.717) is 0 Å². The van der Waals surface area contributed by atoms with Crippen LogP contribution in [-0.2, 0) is 15.1 Å².